The van der Waals surface area contributed by atoms with Crippen LogP contribution in [0.15, 0.2) is 0 Å². The molecule has 0 saturated heterocycles. The van der Waals surface area contributed by atoms with E-state index in [0.29, 0.717) is 0 Å². The Bertz CT molecular complexity index is 291. The topological polar surface area (TPSA) is 26.0 Å². The summed E-state index contributed by atoms with van der Waals surface area (Å²) in [5, 5.41) is 0. The zero-order valence-electron chi connectivity index (χ0n) is 19.7. The van der Waals surface area contributed by atoms with Crippen molar-refractivity contribution in [1.29, 1.82) is 0 Å². The van der Waals surface area contributed by atoms with E-state index in [1.807, 2.05) is 0 Å². The van der Waals surface area contributed by atoms with Crippen LogP contribution in [0.1, 0.15) is 135 Å². The number of hydrogen-bond donors (Lipinski definition) is 1. The van der Waals surface area contributed by atoms with Gasteiger partial charge in [0.1, 0.15) is 7.38 Å². The predicted octanol–water partition coefficient (Wildman–Crippen LogP) is 9.58. The van der Waals surface area contributed by atoms with Crippen molar-refractivity contribution in [2.24, 2.45) is 5.73 Å². The van der Waals surface area contributed by atoms with Gasteiger partial charge in [0.2, 0.25) is 0 Å². The summed E-state index contributed by atoms with van der Waals surface area (Å²) in [6.07, 6.45) is 30.0. The third-order valence-electron chi connectivity index (χ3n) is 5.98. The summed E-state index contributed by atoms with van der Waals surface area (Å²) in [4.78, 5) is 0. The van der Waals surface area contributed by atoms with Crippen LogP contribution >= 0.6 is 11.1 Å². The van der Waals surface area contributed by atoms with Crippen molar-refractivity contribution < 1.29 is 0 Å². The first kappa shape index (κ1) is 28.5. The van der Waals surface area contributed by atoms with Gasteiger partial charge >= 0.3 is 0 Å². The van der Waals surface area contributed by atoms with E-state index >= 15 is 0 Å². The zero-order chi connectivity index (χ0) is 20.8. The fourth-order valence-electron chi connectivity index (χ4n) is 4.05. The molecule has 0 aliphatic heterocycles. The molecule has 0 aliphatic carbocycles. The van der Waals surface area contributed by atoms with Gasteiger partial charge in [-0.05, 0) is 19.0 Å². The van der Waals surface area contributed by atoms with E-state index in [0.717, 1.165) is 6.54 Å². The number of nitrogens with two attached hydrogens (primary N) is 1. The molecule has 0 aromatic carbocycles. The summed E-state index contributed by atoms with van der Waals surface area (Å²) in [6, 6.07) is 1.30. The smallest absolute Gasteiger partial charge is 0.150 e. The molecular formula is C25H54ClNSi. The average Bonchev–Trinajstić information content (AvgIpc) is 2.65. The number of halogens is 1. The molecule has 2 N–H and O–H groups in total. The Balaban J connectivity index is 3.01. The molecule has 0 heterocycles. The van der Waals surface area contributed by atoms with Gasteiger partial charge in [-0.3, -0.25) is 0 Å². The lowest BCUT2D eigenvalue weighted by atomic mass is 10.0. The fraction of sp³-hybridized carbons (Fsp3) is 1.00. The Morgan fingerprint density at radius 1 is 0.429 bits per heavy atom. The Labute approximate surface area is 184 Å². The lowest BCUT2D eigenvalue weighted by Crippen LogP contribution is -2.14. The van der Waals surface area contributed by atoms with Gasteiger partial charge in [-0.15, -0.1) is 0 Å². The summed E-state index contributed by atoms with van der Waals surface area (Å²) in [5.74, 6) is 0. The lowest BCUT2D eigenvalue weighted by Gasteiger charge is -2.11. The van der Waals surface area contributed by atoms with E-state index in [4.69, 9.17) is 16.8 Å². The minimum atomic E-state index is -1.30. The maximum Gasteiger partial charge on any atom is 0.150 e. The Morgan fingerprint density at radius 3 is 0.857 bits per heavy atom. The monoisotopic (exact) mass is 431 g/mol. The summed E-state index contributed by atoms with van der Waals surface area (Å²) >= 11 is 6.36. The molecule has 0 aromatic rings. The van der Waals surface area contributed by atoms with Crippen molar-refractivity contribution in [2.75, 3.05) is 6.54 Å². The normalized spacial score (nSPS) is 12.0. The molecule has 0 atom stereocenters. The van der Waals surface area contributed by atoms with Gasteiger partial charge in [-0.25, -0.2) is 0 Å². The largest absolute Gasteiger partial charge is 0.330 e. The molecule has 0 aromatic heterocycles. The standard InChI is InChI=1S/C25H54ClNSi/c1-28(2,26)25-23-21-19-17-15-13-11-9-7-5-3-4-6-8-10-12-14-16-18-20-22-24-27/h3-25,27H2,1-2H3. The first-order chi connectivity index (χ1) is 13.6. The molecule has 0 amide bonds. The maximum atomic E-state index is 6.36. The van der Waals surface area contributed by atoms with Crippen molar-refractivity contribution in [3.8, 4) is 0 Å². The zero-order valence-corrected chi connectivity index (χ0v) is 21.5. The quantitative estimate of drug-likeness (QED) is 0.0971. The van der Waals surface area contributed by atoms with Crippen molar-refractivity contribution in [3.05, 3.63) is 0 Å². The highest BCUT2D eigenvalue weighted by Crippen LogP contribution is 2.19. The van der Waals surface area contributed by atoms with Gasteiger partial charge in [-0.2, -0.15) is 11.1 Å². The summed E-state index contributed by atoms with van der Waals surface area (Å²) in [7, 11) is -1.30. The van der Waals surface area contributed by atoms with Crippen LogP contribution in [0.3, 0.4) is 0 Å². The van der Waals surface area contributed by atoms with E-state index in [2.05, 4.69) is 13.1 Å². The van der Waals surface area contributed by atoms with E-state index in [1.165, 1.54) is 141 Å². The number of hydrogen-bond acceptors (Lipinski definition) is 1. The molecule has 1 nitrogen and oxygen atoms in total. The fourth-order valence-corrected chi connectivity index (χ4v) is 5.54. The van der Waals surface area contributed by atoms with Gasteiger partial charge < -0.3 is 5.73 Å². The van der Waals surface area contributed by atoms with Crippen molar-refractivity contribution in [3.63, 3.8) is 0 Å². The molecule has 170 valence electrons. The SMILES string of the molecule is C[Si](C)(Cl)CCCCCCCCCCCCCCCCCCCCCCCN. The second-order valence-electron chi connectivity index (χ2n) is 9.68. The number of rotatable bonds is 23. The predicted molar refractivity (Wildman–Crippen MR) is 134 cm³/mol. The number of unbranched alkanes of at least 4 members (excludes halogenated alkanes) is 20. The molecule has 0 fully saturated rings. The van der Waals surface area contributed by atoms with Crippen LogP contribution in [0.4, 0.5) is 0 Å². The highest BCUT2D eigenvalue weighted by Gasteiger charge is 2.15. The molecule has 3 heteroatoms. The third-order valence-corrected chi connectivity index (χ3v) is 8.08. The van der Waals surface area contributed by atoms with Gasteiger partial charge in [0.25, 0.3) is 0 Å². The minimum absolute atomic E-state index is 0.871. The Kier molecular flexibility index (Phi) is 22.5. The van der Waals surface area contributed by atoms with Crippen LogP contribution in [0, 0.1) is 0 Å². The molecule has 0 unspecified atom stereocenters. The molecule has 0 saturated carbocycles. The first-order valence-electron chi connectivity index (χ1n) is 13.0. The van der Waals surface area contributed by atoms with Crippen molar-refractivity contribution >= 4 is 18.5 Å². The van der Waals surface area contributed by atoms with E-state index < -0.39 is 7.38 Å². The summed E-state index contributed by atoms with van der Waals surface area (Å²) in [6.45, 7) is 5.40. The van der Waals surface area contributed by atoms with E-state index in [1.54, 1.807) is 0 Å². The molecule has 0 radical (unpaired) electrons. The highest BCUT2D eigenvalue weighted by atomic mass is 35.6. The molecule has 0 rings (SSSR count). The van der Waals surface area contributed by atoms with E-state index in [-0.39, 0.29) is 0 Å². The average molecular weight is 432 g/mol. The molecular weight excluding hydrogens is 378 g/mol. The van der Waals surface area contributed by atoms with Gasteiger partial charge in [-0.1, -0.05) is 142 Å². The van der Waals surface area contributed by atoms with Crippen LogP contribution in [0.5, 0.6) is 0 Å². The van der Waals surface area contributed by atoms with E-state index in [9.17, 15) is 0 Å². The molecule has 0 bridgehead atoms. The molecule has 0 aliphatic rings. The van der Waals surface area contributed by atoms with Crippen LogP contribution in [-0.2, 0) is 0 Å². The van der Waals surface area contributed by atoms with Crippen LogP contribution in [0.25, 0.3) is 0 Å². The van der Waals surface area contributed by atoms with Gasteiger partial charge in [0, 0.05) is 0 Å². The second-order valence-corrected chi connectivity index (χ2v) is 16.7. The molecule has 28 heavy (non-hydrogen) atoms. The van der Waals surface area contributed by atoms with Crippen molar-refractivity contribution in [2.45, 2.75) is 154 Å². The summed E-state index contributed by atoms with van der Waals surface area (Å²) < 4.78 is 0. The Hall–Kier alpha value is 0.467. The highest BCUT2D eigenvalue weighted by molar-refractivity contribution is 7.19. The van der Waals surface area contributed by atoms with Crippen molar-refractivity contribution in [1.82, 2.24) is 0 Å². The second kappa shape index (κ2) is 22.2. The Morgan fingerprint density at radius 2 is 0.643 bits per heavy atom. The van der Waals surface area contributed by atoms with Crippen LogP contribution in [0.2, 0.25) is 19.1 Å². The van der Waals surface area contributed by atoms with Gasteiger partial charge in [0.05, 0.1) is 0 Å². The minimum Gasteiger partial charge on any atom is -0.330 e. The maximum absolute atomic E-state index is 6.36. The molecule has 0 spiro atoms. The first-order valence-corrected chi connectivity index (χ1v) is 17.2. The third kappa shape index (κ3) is 26.5. The lowest BCUT2D eigenvalue weighted by molar-refractivity contribution is 0.520. The summed E-state index contributed by atoms with van der Waals surface area (Å²) in [5.41, 5.74) is 5.52. The van der Waals surface area contributed by atoms with Crippen LogP contribution in [-0.4, -0.2) is 13.9 Å². The van der Waals surface area contributed by atoms with Gasteiger partial charge in [0.15, 0.2) is 0 Å². The van der Waals surface area contributed by atoms with Crippen LogP contribution < -0.4 is 5.73 Å².